The van der Waals surface area contributed by atoms with E-state index in [-0.39, 0.29) is 36.3 Å². The van der Waals surface area contributed by atoms with Crippen molar-refractivity contribution in [3.05, 3.63) is 71.3 Å². The lowest BCUT2D eigenvalue weighted by molar-refractivity contribution is -0.153. The molecule has 2 N–H and O–H groups in total. The smallest absolute Gasteiger partial charge is 0.422 e. The molecular weight excluding hydrogens is 532 g/mol. The van der Waals surface area contributed by atoms with Gasteiger partial charge in [0.2, 0.25) is 0 Å². The van der Waals surface area contributed by atoms with Crippen molar-refractivity contribution in [3.8, 4) is 5.75 Å². The van der Waals surface area contributed by atoms with Crippen LogP contribution in [0.25, 0.3) is 0 Å². The van der Waals surface area contributed by atoms with Crippen molar-refractivity contribution >= 4 is 35.6 Å². The fourth-order valence-electron chi connectivity index (χ4n) is 3.24. The maximum absolute atomic E-state index is 12.6. The second-order valence-electron chi connectivity index (χ2n) is 7.34. The molecule has 0 bridgehead atoms. The van der Waals surface area contributed by atoms with Gasteiger partial charge in [0, 0.05) is 44.5 Å². The third-order valence-electron chi connectivity index (χ3n) is 4.84. The van der Waals surface area contributed by atoms with E-state index in [1.807, 2.05) is 25.1 Å². The summed E-state index contributed by atoms with van der Waals surface area (Å²) in [7, 11) is 1.65. The second kappa shape index (κ2) is 12.0. The fraction of sp³-hybridized carbons (Fsp3) is 0.348. The molecule has 9 heteroatoms. The molecule has 3 rings (SSSR count). The summed E-state index contributed by atoms with van der Waals surface area (Å²) in [6.07, 6.45) is -0.0887. The summed E-state index contributed by atoms with van der Waals surface area (Å²) in [5.41, 5.74) is 3.73. The Morgan fingerprint density at radius 3 is 2.47 bits per heavy atom. The first kappa shape index (κ1) is 25.8. The van der Waals surface area contributed by atoms with E-state index in [0.717, 1.165) is 24.2 Å². The SMILES string of the molecule is CN=C(NCc1cccc(N2CC=CC2)c1)NCc1ccc(C)cc1OCC(F)(F)F.I. The summed E-state index contributed by atoms with van der Waals surface area (Å²) >= 11 is 0. The predicted octanol–water partition coefficient (Wildman–Crippen LogP) is 4.80. The average Bonchev–Trinajstić information content (AvgIpc) is 3.28. The Kier molecular flexibility index (Phi) is 9.67. The van der Waals surface area contributed by atoms with Crippen molar-refractivity contribution in [2.75, 3.05) is 31.6 Å². The van der Waals surface area contributed by atoms with E-state index < -0.39 is 12.8 Å². The predicted molar refractivity (Wildman–Crippen MR) is 133 cm³/mol. The van der Waals surface area contributed by atoms with Crippen LogP contribution in [0.15, 0.2) is 59.6 Å². The number of nitrogens with one attached hydrogen (secondary N) is 2. The van der Waals surface area contributed by atoms with Gasteiger partial charge in [-0.15, -0.1) is 24.0 Å². The van der Waals surface area contributed by atoms with Crippen molar-refractivity contribution in [1.82, 2.24) is 10.6 Å². The highest BCUT2D eigenvalue weighted by atomic mass is 127. The number of hydrogen-bond acceptors (Lipinski definition) is 3. The van der Waals surface area contributed by atoms with E-state index in [0.29, 0.717) is 18.1 Å². The zero-order chi connectivity index (χ0) is 22.3. The normalized spacial score (nSPS) is 13.7. The van der Waals surface area contributed by atoms with Gasteiger partial charge < -0.3 is 20.3 Å². The quantitative estimate of drug-likeness (QED) is 0.221. The Hall–Kier alpha value is -2.43. The molecule has 0 spiro atoms. The Morgan fingerprint density at radius 2 is 1.78 bits per heavy atom. The highest BCUT2D eigenvalue weighted by Gasteiger charge is 2.28. The van der Waals surface area contributed by atoms with Gasteiger partial charge in [-0.2, -0.15) is 13.2 Å². The van der Waals surface area contributed by atoms with E-state index >= 15 is 0 Å². The minimum Gasteiger partial charge on any atom is -0.484 e. The molecular formula is C23H28F3IN4O. The van der Waals surface area contributed by atoms with Crippen molar-refractivity contribution in [1.29, 1.82) is 0 Å². The summed E-state index contributed by atoms with van der Waals surface area (Å²) < 4.78 is 42.7. The number of rotatable bonds is 7. The Balaban J connectivity index is 0.00000363. The van der Waals surface area contributed by atoms with Crippen molar-refractivity contribution in [2.45, 2.75) is 26.2 Å². The molecule has 0 unspecified atom stereocenters. The van der Waals surface area contributed by atoms with Crippen LogP contribution in [-0.2, 0) is 13.1 Å². The van der Waals surface area contributed by atoms with E-state index in [4.69, 9.17) is 4.74 Å². The lowest BCUT2D eigenvalue weighted by atomic mass is 10.1. The minimum atomic E-state index is -4.38. The summed E-state index contributed by atoms with van der Waals surface area (Å²) in [5, 5.41) is 6.38. The molecule has 32 heavy (non-hydrogen) atoms. The third kappa shape index (κ3) is 7.92. The summed E-state index contributed by atoms with van der Waals surface area (Å²) in [5.74, 6) is 0.766. The van der Waals surface area contributed by atoms with Gasteiger partial charge in [-0.05, 0) is 36.2 Å². The largest absolute Gasteiger partial charge is 0.484 e. The van der Waals surface area contributed by atoms with E-state index in [9.17, 15) is 13.2 Å². The van der Waals surface area contributed by atoms with Crippen LogP contribution in [0.3, 0.4) is 0 Å². The summed E-state index contributed by atoms with van der Waals surface area (Å²) in [6, 6.07) is 13.5. The maximum Gasteiger partial charge on any atom is 0.422 e. The number of aryl methyl sites for hydroxylation is 1. The van der Waals surface area contributed by atoms with Crippen LogP contribution < -0.4 is 20.3 Å². The van der Waals surface area contributed by atoms with E-state index in [1.54, 1.807) is 19.2 Å². The zero-order valence-electron chi connectivity index (χ0n) is 18.1. The number of benzene rings is 2. The molecule has 174 valence electrons. The van der Waals surface area contributed by atoms with Gasteiger partial charge in [0.15, 0.2) is 12.6 Å². The topological polar surface area (TPSA) is 48.9 Å². The minimum absolute atomic E-state index is 0. The molecule has 1 aliphatic rings. The molecule has 0 fully saturated rings. The number of anilines is 1. The first-order valence-corrected chi connectivity index (χ1v) is 10.1. The number of aliphatic imine (C=N–C) groups is 1. The van der Waals surface area contributed by atoms with Crippen LogP contribution in [0.5, 0.6) is 5.75 Å². The van der Waals surface area contributed by atoms with Gasteiger partial charge in [0.1, 0.15) is 5.75 Å². The number of ether oxygens (including phenoxy) is 1. The highest BCUT2D eigenvalue weighted by Crippen LogP contribution is 2.24. The van der Waals surface area contributed by atoms with Crippen LogP contribution in [-0.4, -0.2) is 38.9 Å². The standard InChI is InChI=1S/C23H27F3N4O.HI/c1-17-8-9-19(21(12-17)31-16-23(24,25)26)15-29-22(27-2)28-14-18-6-5-7-20(13-18)30-10-3-4-11-30;/h3-9,12-13H,10-11,14-16H2,1-2H3,(H2,27,28,29);1H. The molecule has 0 amide bonds. The lowest BCUT2D eigenvalue weighted by Crippen LogP contribution is -2.36. The molecule has 2 aromatic carbocycles. The van der Waals surface area contributed by atoms with Gasteiger partial charge in [-0.1, -0.05) is 36.4 Å². The molecule has 0 saturated carbocycles. The van der Waals surface area contributed by atoms with E-state index in [2.05, 4.69) is 44.8 Å². The molecule has 2 aromatic rings. The average molecular weight is 560 g/mol. The molecule has 0 saturated heterocycles. The van der Waals surface area contributed by atoms with Gasteiger partial charge in [0.05, 0.1) is 0 Å². The Bertz CT molecular complexity index is 939. The van der Waals surface area contributed by atoms with E-state index in [1.165, 1.54) is 5.69 Å². The summed E-state index contributed by atoms with van der Waals surface area (Å²) in [4.78, 5) is 6.48. The van der Waals surface area contributed by atoms with Gasteiger partial charge >= 0.3 is 6.18 Å². The number of guanidine groups is 1. The van der Waals surface area contributed by atoms with Crippen LogP contribution >= 0.6 is 24.0 Å². The number of alkyl halides is 3. The molecule has 0 aromatic heterocycles. The Morgan fingerprint density at radius 1 is 1.06 bits per heavy atom. The Labute approximate surface area is 203 Å². The van der Waals surface area contributed by atoms with Gasteiger partial charge in [0.25, 0.3) is 0 Å². The second-order valence-corrected chi connectivity index (χ2v) is 7.34. The van der Waals surface area contributed by atoms with Crippen LogP contribution in [0.1, 0.15) is 16.7 Å². The first-order chi connectivity index (χ1) is 14.8. The first-order valence-electron chi connectivity index (χ1n) is 10.1. The van der Waals surface area contributed by atoms with Crippen LogP contribution in [0, 0.1) is 6.92 Å². The maximum atomic E-state index is 12.6. The molecule has 1 heterocycles. The van der Waals surface area contributed by atoms with Crippen LogP contribution in [0.2, 0.25) is 0 Å². The summed E-state index contributed by atoms with van der Waals surface area (Å²) in [6.45, 7) is 3.17. The van der Waals surface area contributed by atoms with Crippen molar-refractivity contribution in [3.63, 3.8) is 0 Å². The van der Waals surface area contributed by atoms with Crippen LogP contribution in [0.4, 0.5) is 18.9 Å². The van der Waals surface area contributed by atoms with Crippen molar-refractivity contribution in [2.24, 2.45) is 4.99 Å². The van der Waals surface area contributed by atoms with Crippen molar-refractivity contribution < 1.29 is 17.9 Å². The lowest BCUT2D eigenvalue weighted by Gasteiger charge is -2.19. The fourth-order valence-corrected chi connectivity index (χ4v) is 3.24. The molecule has 0 aliphatic carbocycles. The highest BCUT2D eigenvalue weighted by molar-refractivity contribution is 14.0. The molecule has 1 aliphatic heterocycles. The number of halogens is 4. The monoisotopic (exact) mass is 560 g/mol. The number of nitrogens with zero attached hydrogens (tertiary/aromatic N) is 2. The number of hydrogen-bond donors (Lipinski definition) is 2. The molecule has 5 nitrogen and oxygen atoms in total. The van der Waals surface area contributed by atoms with Gasteiger partial charge in [-0.3, -0.25) is 4.99 Å². The van der Waals surface area contributed by atoms with Gasteiger partial charge in [-0.25, -0.2) is 0 Å². The third-order valence-corrected chi connectivity index (χ3v) is 4.84. The molecule has 0 radical (unpaired) electrons. The zero-order valence-corrected chi connectivity index (χ0v) is 20.4. The molecule has 0 atom stereocenters.